The number of unbranched alkanes of at least 4 members (excludes halogenated alkanes) is 2. The second-order valence-electron chi connectivity index (χ2n) is 3.60. The fourth-order valence-corrected chi connectivity index (χ4v) is 1.39. The first-order valence-electron chi connectivity index (χ1n) is 5.64. The van der Waals surface area contributed by atoms with E-state index in [2.05, 4.69) is 6.92 Å². The van der Waals surface area contributed by atoms with Crippen LogP contribution in [0.15, 0.2) is 0 Å². The maximum absolute atomic E-state index is 5.94. The summed E-state index contributed by atoms with van der Waals surface area (Å²) in [5.41, 5.74) is 5.94. The van der Waals surface area contributed by atoms with Crippen molar-refractivity contribution in [3.63, 3.8) is 0 Å². The van der Waals surface area contributed by atoms with E-state index in [9.17, 15) is 0 Å². The molecule has 0 rings (SSSR count). The van der Waals surface area contributed by atoms with Gasteiger partial charge in [-0.1, -0.05) is 26.2 Å². The SMILES string of the molecule is CCCCCC(N)CCCOCC. The summed E-state index contributed by atoms with van der Waals surface area (Å²) in [6.07, 6.45) is 7.29. The second kappa shape index (κ2) is 10.0. The number of ether oxygens (including phenoxy) is 1. The standard InChI is InChI=1S/C11H25NO/c1-3-5-6-8-11(12)9-7-10-13-4-2/h11H,3-10,12H2,1-2H3. The summed E-state index contributed by atoms with van der Waals surface area (Å²) < 4.78 is 5.25. The van der Waals surface area contributed by atoms with Crippen molar-refractivity contribution in [2.75, 3.05) is 13.2 Å². The molecule has 1 unspecified atom stereocenters. The van der Waals surface area contributed by atoms with Crippen LogP contribution >= 0.6 is 0 Å². The van der Waals surface area contributed by atoms with Gasteiger partial charge in [0.05, 0.1) is 0 Å². The first kappa shape index (κ1) is 12.9. The van der Waals surface area contributed by atoms with Gasteiger partial charge in [0.15, 0.2) is 0 Å². The van der Waals surface area contributed by atoms with Crippen LogP contribution in [0.25, 0.3) is 0 Å². The Balaban J connectivity index is 3.05. The van der Waals surface area contributed by atoms with E-state index >= 15 is 0 Å². The summed E-state index contributed by atoms with van der Waals surface area (Å²) in [4.78, 5) is 0. The molecule has 0 aliphatic heterocycles. The molecule has 0 heterocycles. The fourth-order valence-electron chi connectivity index (χ4n) is 1.39. The molecule has 0 amide bonds. The first-order chi connectivity index (χ1) is 6.31. The minimum atomic E-state index is 0.395. The average molecular weight is 187 g/mol. The lowest BCUT2D eigenvalue weighted by molar-refractivity contribution is 0.141. The van der Waals surface area contributed by atoms with E-state index in [0.29, 0.717) is 6.04 Å². The molecule has 0 radical (unpaired) electrons. The Labute approximate surface area is 82.8 Å². The minimum Gasteiger partial charge on any atom is -0.382 e. The molecule has 0 aliphatic carbocycles. The summed E-state index contributed by atoms with van der Waals surface area (Å²) in [6.45, 7) is 5.95. The van der Waals surface area contributed by atoms with Gasteiger partial charge in [-0.2, -0.15) is 0 Å². The summed E-state index contributed by atoms with van der Waals surface area (Å²) >= 11 is 0. The topological polar surface area (TPSA) is 35.2 Å². The highest BCUT2D eigenvalue weighted by atomic mass is 16.5. The van der Waals surface area contributed by atoms with E-state index in [1.165, 1.54) is 25.7 Å². The van der Waals surface area contributed by atoms with E-state index in [4.69, 9.17) is 10.5 Å². The molecular weight excluding hydrogens is 162 g/mol. The Morgan fingerprint density at radius 1 is 1.08 bits per heavy atom. The van der Waals surface area contributed by atoms with Gasteiger partial charge >= 0.3 is 0 Å². The van der Waals surface area contributed by atoms with Crippen molar-refractivity contribution in [3.8, 4) is 0 Å². The van der Waals surface area contributed by atoms with Crippen LogP contribution in [0.1, 0.15) is 52.4 Å². The van der Waals surface area contributed by atoms with Crippen LogP contribution in [0, 0.1) is 0 Å². The number of hydrogen-bond donors (Lipinski definition) is 1. The molecule has 0 spiro atoms. The number of hydrogen-bond acceptors (Lipinski definition) is 2. The van der Waals surface area contributed by atoms with Gasteiger partial charge in [0.1, 0.15) is 0 Å². The molecule has 0 fully saturated rings. The quantitative estimate of drug-likeness (QED) is 0.563. The zero-order valence-electron chi connectivity index (χ0n) is 9.22. The molecule has 0 saturated carbocycles. The minimum absolute atomic E-state index is 0.395. The third kappa shape index (κ3) is 9.84. The summed E-state index contributed by atoms with van der Waals surface area (Å²) in [7, 11) is 0. The summed E-state index contributed by atoms with van der Waals surface area (Å²) in [6, 6.07) is 0.395. The Morgan fingerprint density at radius 2 is 1.77 bits per heavy atom. The normalized spacial score (nSPS) is 13.2. The molecule has 2 heteroatoms. The zero-order valence-corrected chi connectivity index (χ0v) is 9.22. The fraction of sp³-hybridized carbons (Fsp3) is 1.00. The maximum Gasteiger partial charge on any atom is 0.0466 e. The largest absolute Gasteiger partial charge is 0.382 e. The van der Waals surface area contributed by atoms with Crippen molar-refractivity contribution in [2.45, 2.75) is 58.4 Å². The first-order valence-corrected chi connectivity index (χ1v) is 5.64. The third-order valence-electron chi connectivity index (χ3n) is 2.25. The van der Waals surface area contributed by atoms with Gasteiger partial charge in [0.25, 0.3) is 0 Å². The lowest BCUT2D eigenvalue weighted by atomic mass is 10.1. The molecule has 0 saturated heterocycles. The molecule has 0 bridgehead atoms. The predicted octanol–water partition coefficient (Wildman–Crippen LogP) is 2.71. The van der Waals surface area contributed by atoms with E-state index in [-0.39, 0.29) is 0 Å². The van der Waals surface area contributed by atoms with Gasteiger partial charge in [-0.15, -0.1) is 0 Å². The van der Waals surface area contributed by atoms with Crippen LogP contribution in [-0.2, 0) is 4.74 Å². The van der Waals surface area contributed by atoms with Crippen molar-refractivity contribution in [1.82, 2.24) is 0 Å². The van der Waals surface area contributed by atoms with Crippen LogP contribution in [0.5, 0.6) is 0 Å². The zero-order chi connectivity index (χ0) is 9.94. The van der Waals surface area contributed by atoms with Crippen molar-refractivity contribution < 1.29 is 4.74 Å². The van der Waals surface area contributed by atoms with Crippen molar-refractivity contribution in [1.29, 1.82) is 0 Å². The highest BCUT2D eigenvalue weighted by molar-refractivity contribution is 4.60. The molecule has 0 aromatic carbocycles. The highest BCUT2D eigenvalue weighted by Crippen LogP contribution is 2.06. The van der Waals surface area contributed by atoms with Crippen molar-refractivity contribution in [2.24, 2.45) is 5.73 Å². The van der Waals surface area contributed by atoms with Crippen LogP contribution in [-0.4, -0.2) is 19.3 Å². The lowest BCUT2D eigenvalue weighted by Gasteiger charge is -2.10. The predicted molar refractivity (Wildman–Crippen MR) is 57.8 cm³/mol. The maximum atomic E-state index is 5.94. The van der Waals surface area contributed by atoms with Gasteiger partial charge in [-0.25, -0.2) is 0 Å². The number of nitrogens with two attached hydrogens (primary N) is 1. The van der Waals surface area contributed by atoms with E-state index in [1.54, 1.807) is 0 Å². The van der Waals surface area contributed by atoms with Gasteiger partial charge in [0, 0.05) is 19.3 Å². The molecule has 0 aromatic heterocycles. The molecule has 0 aromatic rings. The Bertz CT molecular complexity index is 96.1. The monoisotopic (exact) mass is 187 g/mol. The Hall–Kier alpha value is -0.0800. The van der Waals surface area contributed by atoms with Gasteiger partial charge in [-0.3, -0.25) is 0 Å². The van der Waals surface area contributed by atoms with Crippen LogP contribution in [0.2, 0.25) is 0 Å². The van der Waals surface area contributed by atoms with Crippen LogP contribution in [0.3, 0.4) is 0 Å². The lowest BCUT2D eigenvalue weighted by Crippen LogP contribution is -2.20. The molecule has 13 heavy (non-hydrogen) atoms. The average Bonchev–Trinajstić information content (AvgIpc) is 2.13. The summed E-state index contributed by atoms with van der Waals surface area (Å²) in [5, 5.41) is 0. The van der Waals surface area contributed by atoms with E-state index in [1.807, 2.05) is 6.92 Å². The van der Waals surface area contributed by atoms with Gasteiger partial charge in [0.2, 0.25) is 0 Å². The highest BCUT2D eigenvalue weighted by Gasteiger charge is 2.01. The second-order valence-corrected chi connectivity index (χ2v) is 3.60. The van der Waals surface area contributed by atoms with Gasteiger partial charge < -0.3 is 10.5 Å². The van der Waals surface area contributed by atoms with Crippen molar-refractivity contribution >= 4 is 0 Å². The van der Waals surface area contributed by atoms with Crippen LogP contribution in [0.4, 0.5) is 0 Å². The molecule has 2 nitrogen and oxygen atoms in total. The summed E-state index contributed by atoms with van der Waals surface area (Å²) in [5.74, 6) is 0. The molecule has 2 N–H and O–H groups in total. The Kier molecular flexibility index (Phi) is 9.94. The molecule has 0 aliphatic rings. The van der Waals surface area contributed by atoms with E-state index in [0.717, 1.165) is 26.1 Å². The number of rotatable bonds is 9. The Morgan fingerprint density at radius 3 is 2.38 bits per heavy atom. The van der Waals surface area contributed by atoms with E-state index < -0.39 is 0 Å². The third-order valence-corrected chi connectivity index (χ3v) is 2.25. The van der Waals surface area contributed by atoms with Gasteiger partial charge in [-0.05, 0) is 26.2 Å². The smallest absolute Gasteiger partial charge is 0.0466 e. The molecule has 1 atom stereocenters. The van der Waals surface area contributed by atoms with Crippen LogP contribution < -0.4 is 5.73 Å². The van der Waals surface area contributed by atoms with Crippen molar-refractivity contribution in [3.05, 3.63) is 0 Å². The molecular formula is C11H25NO. The molecule has 80 valence electrons.